The number of cyclic esters (lactones) is 4. The number of rotatable bonds is 1. The molecule has 0 aromatic carbocycles. The molecule has 279 valence electrons. The van der Waals surface area contributed by atoms with Gasteiger partial charge in [-0.25, -0.2) is 0 Å². The van der Waals surface area contributed by atoms with Crippen molar-refractivity contribution in [1.82, 2.24) is 0 Å². The maximum Gasteiger partial charge on any atom is 0.489 e. The Bertz CT molecular complexity index is 1130. The Morgan fingerprint density at radius 1 is 0.660 bits per heavy atom. The Balaban J connectivity index is 0.000000294. The molecule has 2 saturated heterocycles. The minimum atomic E-state index is -0.457. The molecule has 0 saturated carbocycles. The minimum absolute atomic E-state index is 0.0301. The fourth-order valence-electron chi connectivity index (χ4n) is 5.51. The predicted octanol–water partition coefficient (Wildman–Crippen LogP) is 5.54. The number of hydrogen-bond acceptors (Lipinski definition) is 12. The average molecular weight is 703 g/mol. The van der Waals surface area contributed by atoms with Crippen LogP contribution in [0.2, 0.25) is 0 Å². The SMILES string of the molecule is CC1CC(C)(C)OB(/C2=C\CCOC(=O)CCCCC(=O)OCC2)O1.CC1CC(C)(C)O[B]O1.O=C1CCCCC(=O)OCCC#CCCO1. The number of carbonyl (C=O) groups excluding carboxylic acids is 4. The highest BCUT2D eigenvalue weighted by Crippen LogP contribution is 2.29. The molecule has 0 aromatic rings. The van der Waals surface area contributed by atoms with Crippen molar-refractivity contribution in [3.05, 3.63) is 11.5 Å². The Morgan fingerprint density at radius 3 is 1.60 bits per heavy atom. The molecule has 4 aliphatic heterocycles. The van der Waals surface area contributed by atoms with Gasteiger partial charge in [0, 0.05) is 50.7 Å². The van der Waals surface area contributed by atoms with E-state index in [0.717, 1.165) is 18.3 Å². The molecule has 12 nitrogen and oxygen atoms in total. The van der Waals surface area contributed by atoms with Crippen LogP contribution in [0.5, 0.6) is 0 Å². The number of hydrogen-bond donors (Lipinski definition) is 0. The second-order valence-electron chi connectivity index (χ2n) is 14.0. The fraction of sp³-hybridized carbons (Fsp3) is 0.778. The number of carbonyl (C=O) groups is 4. The van der Waals surface area contributed by atoms with Gasteiger partial charge in [-0.05, 0) is 98.4 Å². The van der Waals surface area contributed by atoms with E-state index in [9.17, 15) is 19.2 Å². The maximum atomic E-state index is 11.8. The molecule has 0 aliphatic carbocycles. The van der Waals surface area contributed by atoms with E-state index in [-0.39, 0.29) is 41.2 Å². The van der Waals surface area contributed by atoms with Gasteiger partial charge >= 0.3 is 38.7 Å². The number of ether oxygens (including phenoxy) is 4. The van der Waals surface area contributed by atoms with Crippen LogP contribution < -0.4 is 0 Å². The molecular weight excluding hydrogens is 646 g/mol. The van der Waals surface area contributed by atoms with E-state index >= 15 is 0 Å². The van der Waals surface area contributed by atoms with Gasteiger partial charge in [0.15, 0.2) is 0 Å². The van der Waals surface area contributed by atoms with Gasteiger partial charge in [-0.15, -0.1) is 0 Å². The molecule has 1 radical (unpaired) electrons. The first-order valence-corrected chi connectivity index (χ1v) is 18.0. The Hall–Kier alpha value is -2.85. The van der Waals surface area contributed by atoms with Crippen LogP contribution in [0.4, 0.5) is 0 Å². The van der Waals surface area contributed by atoms with Crippen LogP contribution in [0, 0.1) is 11.8 Å². The lowest BCUT2D eigenvalue weighted by atomic mass is 9.72. The fourth-order valence-corrected chi connectivity index (χ4v) is 5.51. The van der Waals surface area contributed by atoms with E-state index < -0.39 is 7.12 Å². The molecule has 0 bridgehead atoms. The average Bonchev–Trinajstić information content (AvgIpc) is 3.02. The summed E-state index contributed by atoms with van der Waals surface area (Å²) in [5.41, 5.74) is 0.629. The van der Waals surface area contributed by atoms with Crippen LogP contribution in [0.1, 0.15) is 131 Å². The zero-order valence-electron chi connectivity index (χ0n) is 31.0. The highest BCUT2D eigenvalue weighted by Gasteiger charge is 2.39. The second-order valence-corrected chi connectivity index (χ2v) is 14.0. The summed E-state index contributed by atoms with van der Waals surface area (Å²) in [4.78, 5) is 45.7. The molecule has 4 heterocycles. The molecule has 14 heteroatoms. The van der Waals surface area contributed by atoms with Crippen molar-refractivity contribution in [3.8, 4) is 11.8 Å². The second kappa shape index (κ2) is 23.6. The summed E-state index contributed by atoms with van der Waals surface area (Å²) in [5.74, 6) is 4.83. The summed E-state index contributed by atoms with van der Waals surface area (Å²) in [6.07, 6.45) is 10.4. The van der Waals surface area contributed by atoms with Crippen molar-refractivity contribution >= 4 is 38.7 Å². The van der Waals surface area contributed by atoms with Crippen LogP contribution in [0.25, 0.3) is 0 Å². The predicted molar refractivity (Wildman–Crippen MR) is 187 cm³/mol. The van der Waals surface area contributed by atoms with Gasteiger partial charge in [0.1, 0.15) is 13.2 Å². The summed E-state index contributed by atoms with van der Waals surface area (Å²) < 4.78 is 42.7. The third-order valence-electron chi connectivity index (χ3n) is 7.87. The summed E-state index contributed by atoms with van der Waals surface area (Å²) in [6.45, 7) is 13.6. The molecule has 2 unspecified atom stereocenters. The quantitative estimate of drug-likeness (QED) is 0.147. The van der Waals surface area contributed by atoms with E-state index in [4.69, 9.17) is 37.6 Å². The first-order chi connectivity index (χ1) is 23.7. The summed E-state index contributed by atoms with van der Waals surface area (Å²) in [6, 6.07) is 0. The van der Waals surface area contributed by atoms with E-state index in [1.165, 1.54) is 7.69 Å². The van der Waals surface area contributed by atoms with Gasteiger partial charge in [0.2, 0.25) is 0 Å². The van der Waals surface area contributed by atoms with Crippen LogP contribution in [-0.2, 0) is 56.7 Å². The molecule has 4 rings (SSSR count). The highest BCUT2D eigenvalue weighted by molar-refractivity contribution is 6.54. The molecule has 2 fully saturated rings. The zero-order valence-corrected chi connectivity index (χ0v) is 31.0. The lowest BCUT2D eigenvalue weighted by molar-refractivity contribution is -0.145. The van der Waals surface area contributed by atoms with Crippen LogP contribution >= 0.6 is 0 Å². The topological polar surface area (TPSA) is 142 Å². The van der Waals surface area contributed by atoms with E-state index in [2.05, 4.69) is 25.7 Å². The molecule has 0 amide bonds. The molecule has 0 N–H and O–H groups in total. The van der Waals surface area contributed by atoms with Crippen molar-refractivity contribution in [2.24, 2.45) is 0 Å². The first kappa shape index (κ1) is 43.3. The van der Waals surface area contributed by atoms with Crippen molar-refractivity contribution in [1.29, 1.82) is 0 Å². The smallest absolute Gasteiger partial charge is 0.465 e. The normalized spacial score (nSPS) is 26.8. The maximum absolute atomic E-state index is 11.8. The Labute approximate surface area is 299 Å². The van der Waals surface area contributed by atoms with Crippen LogP contribution in [0.3, 0.4) is 0 Å². The molecule has 0 spiro atoms. The zero-order chi connectivity index (χ0) is 36.8. The largest absolute Gasteiger partial charge is 0.489 e. The monoisotopic (exact) mass is 703 g/mol. The Morgan fingerprint density at radius 2 is 1.14 bits per heavy atom. The van der Waals surface area contributed by atoms with Gasteiger partial charge < -0.3 is 37.6 Å². The minimum Gasteiger partial charge on any atom is -0.465 e. The summed E-state index contributed by atoms with van der Waals surface area (Å²) in [5, 5.41) is 0. The molecular formula is C36H57B2O12. The van der Waals surface area contributed by atoms with Gasteiger partial charge in [-0.1, -0.05) is 17.9 Å². The van der Waals surface area contributed by atoms with E-state index in [0.29, 0.717) is 110 Å². The van der Waals surface area contributed by atoms with Crippen molar-refractivity contribution < 1.29 is 56.7 Å². The van der Waals surface area contributed by atoms with Gasteiger partial charge in [-0.3, -0.25) is 19.2 Å². The lowest BCUT2D eigenvalue weighted by Gasteiger charge is -2.39. The van der Waals surface area contributed by atoms with E-state index in [1.807, 2.05) is 33.8 Å². The van der Waals surface area contributed by atoms with E-state index in [1.54, 1.807) is 0 Å². The number of esters is 4. The summed E-state index contributed by atoms with van der Waals surface area (Å²) in [7, 11) is 0.981. The molecule has 50 heavy (non-hydrogen) atoms. The lowest BCUT2D eigenvalue weighted by Crippen LogP contribution is -2.47. The Kier molecular flexibility index (Phi) is 20.4. The third-order valence-corrected chi connectivity index (χ3v) is 7.87. The van der Waals surface area contributed by atoms with Crippen molar-refractivity contribution in [2.75, 3.05) is 26.4 Å². The van der Waals surface area contributed by atoms with Gasteiger partial charge in [0.25, 0.3) is 0 Å². The van der Waals surface area contributed by atoms with Crippen LogP contribution in [-0.4, -0.2) is 88.5 Å². The molecule has 0 aromatic heterocycles. The molecule has 2 atom stereocenters. The first-order valence-electron chi connectivity index (χ1n) is 18.0. The van der Waals surface area contributed by atoms with Crippen molar-refractivity contribution in [2.45, 2.75) is 155 Å². The van der Waals surface area contributed by atoms with Crippen LogP contribution in [0.15, 0.2) is 11.5 Å². The highest BCUT2D eigenvalue weighted by atomic mass is 16.6. The standard InChI is InChI=1S/C18H29BO6.C12H16O4.C6H12BO2/c1-14-13-18(2,3)25-19(24-14)15-7-6-11-22-16(20)8-4-5-9-17(21)23-12-10-15;13-11-7-3-4-8-12(14)16-10-6-2-1-5-9-15-11;1-5-4-6(2,3)9-7-8-5/h7,14H,4-6,8-13H2,1-3H3;3-10H2;5H,4H2,1-3H3/b15-7-;;. The summed E-state index contributed by atoms with van der Waals surface area (Å²) >= 11 is 0. The van der Waals surface area contributed by atoms with Gasteiger partial charge in [0.05, 0.1) is 24.4 Å². The molecule has 4 aliphatic rings. The van der Waals surface area contributed by atoms with Crippen molar-refractivity contribution in [3.63, 3.8) is 0 Å². The van der Waals surface area contributed by atoms with Gasteiger partial charge in [-0.2, -0.15) is 0 Å². The third kappa shape index (κ3) is 20.7.